The number of fused-ring (bicyclic) bond motifs is 2. The van der Waals surface area contributed by atoms with E-state index in [0.717, 1.165) is 15.8 Å². The summed E-state index contributed by atoms with van der Waals surface area (Å²) in [5.74, 6) is -1.85. The van der Waals surface area contributed by atoms with Gasteiger partial charge in [-0.2, -0.15) is 0 Å². The molecule has 1 unspecified atom stereocenters. The monoisotopic (exact) mass is 528 g/mol. The van der Waals surface area contributed by atoms with E-state index in [4.69, 9.17) is 11.6 Å². The van der Waals surface area contributed by atoms with Gasteiger partial charge in [0.25, 0.3) is 5.78 Å². The van der Waals surface area contributed by atoms with E-state index in [-0.39, 0.29) is 17.0 Å². The molecule has 1 atom stereocenters. The van der Waals surface area contributed by atoms with Crippen LogP contribution in [0.1, 0.15) is 34.1 Å². The molecule has 1 amide bonds. The molecule has 184 valence electrons. The summed E-state index contributed by atoms with van der Waals surface area (Å²) in [5, 5.41) is 12.5. The van der Waals surface area contributed by atoms with Crippen molar-refractivity contribution in [1.29, 1.82) is 0 Å². The molecule has 4 heterocycles. The fourth-order valence-corrected chi connectivity index (χ4v) is 6.03. The fourth-order valence-electron chi connectivity index (χ4n) is 4.76. The van der Waals surface area contributed by atoms with Gasteiger partial charge < -0.3 is 9.51 Å². The van der Waals surface area contributed by atoms with Gasteiger partial charge in [0.05, 0.1) is 27.5 Å². The number of pyridine rings is 1. The van der Waals surface area contributed by atoms with Crippen LogP contribution in [0, 0.1) is 20.8 Å². The largest absolute Gasteiger partial charge is 0.505 e. The average molecular weight is 529 g/mol. The summed E-state index contributed by atoms with van der Waals surface area (Å²) in [6, 6.07) is 15.8. The van der Waals surface area contributed by atoms with Gasteiger partial charge in [-0.15, -0.1) is 0 Å². The van der Waals surface area contributed by atoms with E-state index < -0.39 is 17.7 Å². The number of aliphatic hydroxyl groups is 1. The highest BCUT2D eigenvalue weighted by atomic mass is 35.5. The second-order valence-corrected chi connectivity index (χ2v) is 10.6. The molecule has 1 fully saturated rings. The third-order valence-corrected chi connectivity index (χ3v) is 7.94. The standard InChI is InChI=1S/C28H21ClN4O3S/c1-14-6-8-17(9-7-14)23-21(24(34)22-16(3)32-12-4-5-15(2)26(32)31-22)25(35)27(36)33(23)28-30-19-11-10-18(29)13-20(19)37-28/h4-13,23,34H,1-3H3/b24-21+. The number of carbonyl (C=O) groups excluding carboxylic acids is 2. The number of thiazole rings is 1. The van der Waals surface area contributed by atoms with E-state index in [1.54, 1.807) is 18.2 Å². The van der Waals surface area contributed by atoms with Gasteiger partial charge in [-0.1, -0.05) is 58.8 Å². The SMILES string of the molecule is Cc1ccc(C2/C(=C(\O)c3nc4c(C)cccn4c3C)C(=O)C(=O)N2c2nc3ccc(Cl)cc3s2)cc1. The van der Waals surface area contributed by atoms with Crippen molar-refractivity contribution in [1.82, 2.24) is 14.4 Å². The number of benzene rings is 2. The van der Waals surface area contributed by atoms with Crippen molar-refractivity contribution in [2.45, 2.75) is 26.8 Å². The molecule has 0 bridgehead atoms. The quantitative estimate of drug-likeness (QED) is 0.172. The van der Waals surface area contributed by atoms with Crippen molar-refractivity contribution in [2.24, 2.45) is 0 Å². The Morgan fingerprint density at radius 1 is 1.03 bits per heavy atom. The van der Waals surface area contributed by atoms with Crippen LogP contribution in [0.3, 0.4) is 0 Å². The Hall–Kier alpha value is -4.01. The summed E-state index contributed by atoms with van der Waals surface area (Å²) in [6.07, 6.45) is 1.85. The van der Waals surface area contributed by atoms with E-state index in [1.165, 1.54) is 16.2 Å². The molecule has 9 heteroatoms. The Labute approximate surface area is 221 Å². The average Bonchev–Trinajstić information content (AvgIpc) is 3.52. The molecular weight excluding hydrogens is 508 g/mol. The number of aliphatic hydroxyl groups excluding tert-OH is 1. The Kier molecular flexibility index (Phi) is 5.40. The first-order valence-electron chi connectivity index (χ1n) is 11.6. The molecule has 0 saturated carbocycles. The van der Waals surface area contributed by atoms with Crippen LogP contribution in [0.4, 0.5) is 5.13 Å². The maximum absolute atomic E-state index is 13.5. The van der Waals surface area contributed by atoms with Gasteiger partial charge in [0.15, 0.2) is 10.9 Å². The number of carbonyl (C=O) groups is 2. The third-order valence-electron chi connectivity index (χ3n) is 6.69. The van der Waals surface area contributed by atoms with Gasteiger partial charge in [0.2, 0.25) is 0 Å². The molecule has 7 nitrogen and oxygen atoms in total. The predicted molar refractivity (Wildman–Crippen MR) is 145 cm³/mol. The minimum atomic E-state index is -0.873. The number of nitrogens with zero attached hydrogens (tertiary/aromatic N) is 4. The van der Waals surface area contributed by atoms with Crippen molar-refractivity contribution >= 4 is 61.4 Å². The molecule has 0 aliphatic carbocycles. The number of anilines is 1. The normalized spacial score (nSPS) is 17.4. The lowest BCUT2D eigenvalue weighted by atomic mass is 9.96. The smallest absolute Gasteiger partial charge is 0.301 e. The summed E-state index contributed by atoms with van der Waals surface area (Å²) in [5.41, 5.74) is 4.89. The van der Waals surface area contributed by atoms with Gasteiger partial charge in [0.1, 0.15) is 11.3 Å². The lowest BCUT2D eigenvalue weighted by Gasteiger charge is -2.23. The number of ketones is 1. The zero-order valence-electron chi connectivity index (χ0n) is 20.2. The van der Waals surface area contributed by atoms with Gasteiger partial charge in [-0.25, -0.2) is 9.97 Å². The highest BCUT2D eigenvalue weighted by molar-refractivity contribution is 7.22. The zero-order chi connectivity index (χ0) is 26.0. The molecule has 2 aromatic carbocycles. The van der Waals surface area contributed by atoms with E-state index in [0.29, 0.717) is 32.6 Å². The van der Waals surface area contributed by atoms with Crippen LogP contribution in [0.15, 0.2) is 66.4 Å². The molecule has 1 aliphatic heterocycles. The summed E-state index contributed by atoms with van der Waals surface area (Å²) in [6.45, 7) is 5.71. The molecule has 0 spiro atoms. The molecule has 1 aliphatic rings. The van der Waals surface area contributed by atoms with E-state index in [9.17, 15) is 14.7 Å². The summed E-state index contributed by atoms with van der Waals surface area (Å²) in [4.78, 5) is 37.7. The number of hydrogen-bond acceptors (Lipinski definition) is 6. The molecule has 5 aromatic rings. The minimum absolute atomic E-state index is 0.0182. The summed E-state index contributed by atoms with van der Waals surface area (Å²) >= 11 is 7.43. The van der Waals surface area contributed by atoms with Crippen LogP contribution in [-0.2, 0) is 9.59 Å². The van der Waals surface area contributed by atoms with Crippen molar-refractivity contribution in [2.75, 3.05) is 4.90 Å². The first kappa shape index (κ1) is 23.4. The van der Waals surface area contributed by atoms with Crippen LogP contribution >= 0.6 is 22.9 Å². The Morgan fingerprint density at radius 2 is 1.78 bits per heavy atom. The van der Waals surface area contributed by atoms with Crippen molar-refractivity contribution < 1.29 is 14.7 Å². The maximum Gasteiger partial charge on any atom is 0.301 e. The predicted octanol–water partition coefficient (Wildman–Crippen LogP) is 6.15. The molecule has 1 saturated heterocycles. The number of aryl methyl sites for hydroxylation is 3. The Bertz CT molecular complexity index is 1780. The minimum Gasteiger partial charge on any atom is -0.505 e. The maximum atomic E-state index is 13.5. The number of imidazole rings is 1. The zero-order valence-corrected chi connectivity index (χ0v) is 21.8. The lowest BCUT2D eigenvalue weighted by Crippen LogP contribution is -2.29. The van der Waals surface area contributed by atoms with E-state index >= 15 is 0 Å². The molecular formula is C28H21ClN4O3S. The van der Waals surface area contributed by atoms with Gasteiger partial charge in [-0.3, -0.25) is 14.5 Å². The van der Waals surface area contributed by atoms with Crippen molar-refractivity contribution in [3.63, 3.8) is 0 Å². The first-order valence-corrected chi connectivity index (χ1v) is 12.8. The van der Waals surface area contributed by atoms with Crippen LogP contribution in [0.5, 0.6) is 0 Å². The number of aromatic nitrogens is 3. The molecule has 37 heavy (non-hydrogen) atoms. The highest BCUT2D eigenvalue weighted by Crippen LogP contribution is 2.44. The number of rotatable bonds is 3. The van der Waals surface area contributed by atoms with Gasteiger partial charge in [0, 0.05) is 11.2 Å². The third kappa shape index (κ3) is 3.63. The van der Waals surface area contributed by atoms with Crippen LogP contribution in [0.25, 0.3) is 21.6 Å². The van der Waals surface area contributed by atoms with Gasteiger partial charge >= 0.3 is 5.91 Å². The van der Waals surface area contributed by atoms with Crippen LogP contribution in [-0.4, -0.2) is 31.2 Å². The number of hydrogen-bond donors (Lipinski definition) is 1. The number of amides is 1. The lowest BCUT2D eigenvalue weighted by molar-refractivity contribution is -0.132. The summed E-state index contributed by atoms with van der Waals surface area (Å²) in [7, 11) is 0. The molecule has 0 radical (unpaired) electrons. The molecule has 6 rings (SSSR count). The topological polar surface area (TPSA) is 87.8 Å². The van der Waals surface area contributed by atoms with Gasteiger partial charge in [-0.05, 0) is 56.2 Å². The second-order valence-electron chi connectivity index (χ2n) is 9.12. The molecule has 1 N–H and O–H groups in total. The van der Waals surface area contributed by atoms with Crippen molar-refractivity contribution in [3.8, 4) is 0 Å². The van der Waals surface area contributed by atoms with Crippen molar-refractivity contribution in [3.05, 3.63) is 99.5 Å². The Balaban J connectivity index is 1.60. The van der Waals surface area contributed by atoms with Crippen LogP contribution in [0.2, 0.25) is 5.02 Å². The Morgan fingerprint density at radius 3 is 2.51 bits per heavy atom. The summed E-state index contributed by atoms with van der Waals surface area (Å²) < 4.78 is 2.65. The highest BCUT2D eigenvalue weighted by Gasteiger charge is 2.48. The van der Waals surface area contributed by atoms with E-state index in [2.05, 4.69) is 9.97 Å². The fraction of sp³-hybridized carbons (Fsp3) is 0.143. The van der Waals surface area contributed by atoms with Crippen LogP contribution < -0.4 is 4.90 Å². The first-order chi connectivity index (χ1) is 17.7. The molecule has 3 aromatic heterocycles. The number of halogens is 1. The second kappa shape index (κ2) is 8.54. The van der Waals surface area contributed by atoms with E-state index in [1.807, 2.05) is 67.8 Å². The number of Topliss-reactive ketones (excluding diaryl/α,β-unsaturated/α-hetero) is 1.